The minimum atomic E-state index is -0.779. The molecular weight excluding hydrogens is 166 g/mol. The van der Waals surface area contributed by atoms with Gasteiger partial charge in [0.25, 0.3) is 0 Å². The van der Waals surface area contributed by atoms with Crippen LogP contribution in [0, 0.1) is 0 Å². The molecule has 1 atom stereocenters. The molecule has 0 aromatic carbocycles. The minimum Gasteiger partial charge on any atom is -0.468 e. The number of rotatable bonds is 1. The van der Waals surface area contributed by atoms with E-state index < -0.39 is 5.54 Å². The molecule has 1 rings (SSSR count). The van der Waals surface area contributed by atoms with Gasteiger partial charge in [-0.3, -0.25) is 4.79 Å². The number of methoxy groups -OCH3 is 1. The van der Waals surface area contributed by atoms with Crippen LogP contribution in [0.1, 0.15) is 33.1 Å². The van der Waals surface area contributed by atoms with E-state index in [2.05, 4.69) is 11.7 Å². The van der Waals surface area contributed by atoms with E-state index in [1.54, 1.807) is 0 Å². The van der Waals surface area contributed by atoms with E-state index in [4.69, 9.17) is 5.73 Å². The number of carbonyl (C=O) groups is 1. The van der Waals surface area contributed by atoms with Gasteiger partial charge in [-0.2, -0.15) is 0 Å². The Bertz CT molecular complexity index is 258. The molecule has 3 heteroatoms. The zero-order chi connectivity index (χ0) is 10.1. The Morgan fingerprint density at radius 3 is 2.54 bits per heavy atom. The van der Waals surface area contributed by atoms with Gasteiger partial charge in [-0.15, -0.1) is 0 Å². The molecule has 74 valence electrons. The number of hydrogen-bond donors (Lipinski definition) is 1. The lowest BCUT2D eigenvalue weighted by molar-refractivity contribution is -0.147. The van der Waals surface area contributed by atoms with Crippen molar-refractivity contribution in [3.05, 3.63) is 11.1 Å². The van der Waals surface area contributed by atoms with E-state index in [9.17, 15) is 4.79 Å². The van der Waals surface area contributed by atoms with E-state index in [1.165, 1.54) is 18.3 Å². The summed E-state index contributed by atoms with van der Waals surface area (Å²) in [6.07, 6.45) is 2.23. The minimum absolute atomic E-state index is 0.292. The van der Waals surface area contributed by atoms with Crippen LogP contribution in [-0.2, 0) is 9.53 Å². The van der Waals surface area contributed by atoms with Crippen LogP contribution in [0.2, 0.25) is 0 Å². The number of esters is 1. The predicted molar refractivity (Wildman–Crippen MR) is 51.2 cm³/mol. The lowest BCUT2D eigenvalue weighted by Gasteiger charge is -2.31. The van der Waals surface area contributed by atoms with Crippen LogP contribution in [0.5, 0.6) is 0 Å². The van der Waals surface area contributed by atoms with Crippen LogP contribution in [0.15, 0.2) is 11.1 Å². The highest BCUT2D eigenvalue weighted by molar-refractivity contribution is 5.81. The summed E-state index contributed by atoms with van der Waals surface area (Å²) in [5, 5.41) is 0. The molecular formula is C10H17NO2. The molecule has 13 heavy (non-hydrogen) atoms. The summed E-state index contributed by atoms with van der Waals surface area (Å²) < 4.78 is 4.69. The van der Waals surface area contributed by atoms with E-state index in [0.29, 0.717) is 12.8 Å². The molecule has 0 fully saturated rings. The van der Waals surface area contributed by atoms with Crippen LogP contribution in [0.3, 0.4) is 0 Å². The van der Waals surface area contributed by atoms with E-state index in [0.717, 1.165) is 6.42 Å². The fourth-order valence-corrected chi connectivity index (χ4v) is 1.71. The highest BCUT2D eigenvalue weighted by Gasteiger charge is 2.37. The smallest absolute Gasteiger partial charge is 0.326 e. The van der Waals surface area contributed by atoms with E-state index in [1.807, 2.05) is 6.92 Å². The second-order valence-electron chi connectivity index (χ2n) is 3.89. The van der Waals surface area contributed by atoms with E-state index in [-0.39, 0.29) is 5.97 Å². The summed E-state index contributed by atoms with van der Waals surface area (Å²) in [6.45, 7) is 4.12. The van der Waals surface area contributed by atoms with Gasteiger partial charge in [-0.1, -0.05) is 11.1 Å². The fraction of sp³-hybridized carbons (Fsp3) is 0.700. The Morgan fingerprint density at radius 2 is 2.08 bits per heavy atom. The molecule has 0 saturated heterocycles. The lowest BCUT2D eigenvalue weighted by Crippen LogP contribution is -2.50. The number of allylic oxidation sites excluding steroid dienone is 1. The summed E-state index contributed by atoms with van der Waals surface area (Å²) >= 11 is 0. The van der Waals surface area contributed by atoms with Gasteiger partial charge in [0.1, 0.15) is 5.54 Å². The van der Waals surface area contributed by atoms with Gasteiger partial charge >= 0.3 is 5.97 Å². The maximum Gasteiger partial charge on any atom is 0.326 e. The molecule has 0 bridgehead atoms. The molecule has 0 aliphatic heterocycles. The van der Waals surface area contributed by atoms with Gasteiger partial charge < -0.3 is 10.5 Å². The second-order valence-corrected chi connectivity index (χ2v) is 3.89. The predicted octanol–water partition coefficient (Wildman–Crippen LogP) is 1.38. The Labute approximate surface area is 78.9 Å². The van der Waals surface area contributed by atoms with Crippen molar-refractivity contribution in [3.8, 4) is 0 Å². The average Bonchev–Trinajstić information content (AvgIpc) is 2.11. The van der Waals surface area contributed by atoms with Crippen molar-refractivity contribution < 1.29 is 9.53 Å². The molecule has 3 nitrogen and oxygen atoms in total. The molecule has 0 amide bonds. The lowest BCUT2D eigenvalue weighted by atomic mass is 9.79. The molecule has 0 radical (unpaired) electrons. The normalized spacial score (nSPS) is 28.9. The summed E-state index contributed by atoms with van der Waals surface area (Å²) in [6, 6.07) is 0. The Morgan fingerprint density at radius 1 is 1.46 bits per heavy atom. The van der Waals surface area contributed by atoms with Crippen molar-refractivity contribution in [3.63, 3.8) is 0 Å². The largest absolute Gasteiger partial charge is 0.468 e. The quantitative estimate of drug-likeness (QED) is 0.493. The number of hydrogen-bond acceptors (Lipinski definition) is 3. The number of nitrogens with two attached hydrogens (primary N) is 1. The average molecular weight is 183 g/mol. The van der Waals surface area contributed by atoms with Gasteiger partial charge in [0.15, 0.2) is 0 Å². The SMILES string of the molecule is COC(=O)C1(N)CCC(C)=C(C)C1. The van der Waals surface area contributed by atoms with Gasteiger partial charge in [-0.25, -0.2) is 0 Å². The molecule has 2 N–H and O–H groups in total. The van der Waals surface area contributed by atoms with Crippen molar-refractivity contribution in [1.29, 1.82) is 0 Å². The fourth-order valence-electron chi connectivity index (χ4n) is 1.71. The Hall–Kier alpha value is -0.830. The van der Waals surface area contributed by atoms with Gasteiger partial charge in [0.2, 0.25) is 0 Å². The van der Waals surface area contributed by atoms with Crippen molar-refractivity contribution in [2.75, 3.05) is 7.11 Å². The molecule has 1 aliphatic carbocycles. The van der Waals surface area contributed by atoms with E-state index >= 15 is 0 Å². The maximum atomic E-state index is 11.4. The van der Waals surface area contributed by atoms with Crippen molar-refractivity contribution >= 4 is 5.97 Å². The first-order valence-corrected chi connectivity index (χ1v) is 4.52. The van der Waals surface area contributed by atoms with Crippen LogP contribution in [0.4, 0.5) is 0 Å². The van der Waals surface area contributed by atoms with Crippen molar-refractivity contribution in [1.82, 2.24) is 0 Å². The van der Waals surface area contributed by atoms with Crippen LogP contribution >= 0.6 is 0 Å². The summed E-state index contributed by atoms with van der Waals surface area (Å²) in [7, 11) is 1.39. The number of carbonyl (C=O) groups excluding carboxylic acids is 1. The van der Waals surface area contributed by atoms with Gasteiger partial charge in [-0.05, 0) is 33.1 Å². The number of ether oxygens (including phenoxy) is 1. The molecule has 0 spiro atoms. The first-order valence-electron chi connectivity index (χ1n) is 4.52. The summed E-state index contributed by atoms with van der Waals surface area (Å²) in [5.41, 5.74) is 7.75. The van der Waals surface area contributed by atoms with Crippen LogP contribution < -0.4 is 5.73 Å². The highest BCUT2D eigenvalue weighted by Crippen LogP contribution is 2.31. The van der Waals surface area contributed by atoms with Crippen molar-refractivity contribution in [2.45, 2.75) is 38.6 Å². The van der Waals surface area contributed by atoms with Gasteiger partial charge in [0, 0.05) is 0 Å². The maximum absolute atomic E-state index is 11.4. The second kappa shape index (κ2) is 3.50. The highest BCUT2D eigenvalue weighted by atomic mass is 16.5. The van der Waals surface area contributed by atoms with Gasteiger partial charge in [0.05, 0.1) is 7.11 Å². The first kappa shape index (κ1) is 10.3. The third-order valence-electron chi connectivity index (χ3n) is 2.85. The molecule has 0 aromatic heterocycles. The zero-order valence-corrected chi connectivity index (χ0v) is 8.52. The summed E-state index contributed by atoms with van der Waals surface area (Å²) in [5.74, 6) is -0.292. The monoisotopic (exact) mass is 183 g/mol. The first-order chi connectivity index (χ1) is 5.99. The summed E-state index contributed by atoms with van der Waals surface area (Å²) in [4.78, 5) is 11.4. The Balaban J connectivity index is 2.81. The van der Waals surface area contributed by atoms with Crippen LogP contribution in [0.25, 0.3) is 0 Å². The van der Waals surface area contributed by atoms with Crippen LogP contribution in [-0.4, -0.2) is 18.6 Å². The topological polar surface area (TPSA) is 52.3 Å². The molecule has 1 unspecified atom stereocenters. The Kier molecular flexibility index (Phi) is 2.76. The third-order valence-corrected chi connectivity index (χ3v) is 2.85. The molecule has 0 aromatic rings. The zero-order valence-electron chi connectivity index (χ0n) is 8.52. The van der Waals surface area contributed by atoms with Crippen molar-refractivity contribution in [2.24, 2.45) is 5.73 Å². The standard InChI is InChI=1S/C10H17NO2/c1-7-4-5-10(11,6-8(7)2)9(12)13-3/h4-6,11H2,1-3H3. The molecule has 1 aliphatic rings. The molecule has 0 saturated carbocycles. The molecule has 0 heterocycles. The third kappa shape index (κ3) is 1.91.